The van der Waals surface area contributed by atoms with Gasteiger partial charge in [-0.1, -0.05) is 6.08 Å². The lowest BCUT2D eigenvalue weighted by molar-refractivity contribution is -0.136. The Balaban J connectivity index is 2.46. The van der Waals surface area contributed by atoms with Crippen molar-refractivity contribution in [2.24, 2.45) is 0 Å². The first kappa shape index (κ1) is 12.7. The van der Waals surface area contributed by atoms with Crippen LogP contribution in [0.1, 0.15) is 13.3 Å². The molecule has 0 atom stereocenters. The van der Waals surface area contributed by atoms with E-state index in [2.05, 4.69) is 10.1 Å². The molecule has 1 heterocycles. The standard InChI is InChI=1S/C11H18N2O3/c1-9(11(15)16-2)4-7-13-6-3-5-12-10(14)8-13/h4H,3,5-8H2,1-2H3,(H,12,14). The van der Waals surface area contributed by atoms with Gasteiger partial charge < -0.3 is 10.1 Å². The SMILES string of the molecule is COC(=O)C(C)=CCN1CCCNC(=O)C1. The fraction of sp³-hybridized carbons (Fsp3) is 0.636. The Morgan fingerprint density at radius 3 is 3.06 bits per heavy atom. The van der Waals surface area contributed by atoms with E-state index in [9.17, 15) is 9.59 Å². The molecule has 0 saturated carbocycles. The van der Waals surface area contributed by atoms with E-state index in [1.165, 1.54) is 7.11 Å². The first-order valence-corrected chi connectivity index (χ1v) is 5.37. The second-order valence-corrected chi connectivity index (χ2v) is 3.82. The van der Waals surface area contributed by atoms with E-state index in [4.69, 9.17) is 0 Å². The molecule has 5 heteroatoms. The minimum atomic E-state index is -0.320. The molecule has 0 spiro atoms. The maximum absolute atomic E-state index is 11.3. The van der Waals surface area contributed by atoms with E-state index >= 15 is 0 Å². The average molecular weight is 226 g/mol. The van der Waals surface area contributed by atoms with Crippen molar-refractivity contribution >= 4 is 11.9 Å². The molecule has 0 bridgehead atoms. The number of nitrogens with one attached hydrogen (secondary N) is 1. The summed E-state index contributed by atoms with van der Waals surface area (Å²) in [5.74, 6) is -0.277. The number of carbonyl (C=O) groups excluding carboxylic acids is 2. The van der Waals surface area contributed by atoms with Crippen molar-refractivity contribution in [3.05, 3.63) is 11.6 Å². The topological polar surface area (TPSA) is 58.6 Å². The maximum atomic E-state index is 11.3. The normalized spacial score (nSPS) is 18.9. The number of rotatable bonds is 3. The molecular formula is C11H18N2O3. The second kappa shape index (κ2) is 6.27. The molecule has 1 aliphatic rings. The predicted octanol–water partition coefficient (Wildman–Crippen LogP) is -0.0724. The van der Waals surface area contributed by atoms with Crippen LogP contribution in [0, 0.1) is 0 Å². The molecule has 1 amide bonds. The van der Waals surface area contributed by atoms with E-state index in [0.717, 1.165) is 19.5 Å². The number of carbonyl (C=O) groups is 2. The summed E-state index contributed by atoms with van der Waals surface area (Å²) in [5, 5.41) is 2.80. The van der Waals surface area contributed by atoms with E-state index in [-0.39, 0.29) is 11.9 Å². The summed E-state index contributed by atoms with van der Waals surface area (Å²) in [5.41, 5.74) is 0.576. The largest absolute Gasteiger partial charge is 0.466 e. The lowest BCUT2D eigenvalue weighted by Gasteiger charge is -2.16. The maximum Gasteiger partial charge on any atom is 0.333 e. The summed E-state index contributed by atoms with van der Waals surface area (Å²) in [6.45, 7) is 4.31. The molecule has 0 aromatic heterocycles. The highest BCUT2D eigenvalue weighted by Gasteiger charge is 2.13. The van der Waals surface area contributed by atoms with Gasteiger partial charge in [-0.2, -0.15) is 0 Å². The Kier molecular flexibility index (Phi) is 4.98. The molecule has 0 aromatic carbocycles. The van der Waals surface area contributed by atoms with Crippen molar-refractivity contribution in [3.63, 3.8) is 0 Å². The molecule has 5 nitrogen and oxygen atoms in total. The molecule has 1 rings (SSSR count). The quantitative estimate of drug-likeness (QED) is 0.540. The fourth-order valence-electron chi connectivity index (χ4n) is 1.53. The third-order valence-electron chi connectivity index (χ3n) is 2.50. The predicted molar refractivity (Wildman–Crippen MR) is 59.8 cm³/mol. The van der Waals surface area contributed by atoms with Crippen molar-refractivity contribution in [1.82, 2.24) is 10.2 Å². The summed E-state index contributed by atoms with van der Waals surface area (Å²) in [7, 11) is 1.36. The van der Waals surface area contributed by atoms with Crippen molar-refractivity contribution in [2.75, 3.05) is 33.3 Å². The Hall–Kier alpha value is -1.36. The van der Waals surface area contributed by atoms with Crippen LogP contribution in [0.5, 0.6) is 0 Å². The third-order valence-corrected chi connectivity index (χ3v) is 2.50. The summed E-state index contributed by atoms with van der Waals surface area (Å²) in [4.78, 5) is 24.4. The van der Waals surface area contributed by atoms with Gasteiger partial charge in [-0.3, -0.25) is 9.69 Å². The monoisotopic (exact) mass is 226 g/mol. The summed E-state index contributed by atoms with van der Waals surface area (Å²) in [6, 6.07) is 0. The molecule has 1 fully saturated rings. The van der Waals surface area contributed by atoms with Gasteiger partial charge in [0.15, 0.2) is 0 Å². The number of ether oxygens (including phenoxy) is 1. The van der Waals surface area contributed by atoms with Crippen LogP contribution < -0.4 is 5.32 Å². The minimum absolute atomic E-state index is 0.0432. The van der Waals surface area contributed by atoms with Gasteiger partial charge >= 0.3 is 5.97 Å². The van der Waals surface area contributed by atoms with Crippen LogP contribution in [0.3, 0.4) is 0 Å². The highest BCUT2D eigenvalue weighted by Crippen LogP contribution is 2.00. The van der Waals surface area contributed by atoms with Crippen LogP contribution in [0.15, 0.2) is 11.6 Å². The van der Waals surface area contributed by atoms with Crippen LogP contribution in [0.4, 0.5) is 0 Å². The number of hydrogen-bond donors (Lipinski definition) is 1. The highest BCUT2D eigenvalue weighted by atomic mass is 16.5. The van der Waals surface area contributed by atoms with Gasteiger partial charge in [-0.05, 0) is 13.3 Å². The fourth-order valence-corrected chi connectivity index (χ4v) is 1.53. The average Bonchev–Trinajstić information content (AvgIpc) is 2.49. The zero-order valence-corrected chi connectivity index (χ0v) is 9.78. The van der Waals surface area contributed by atoms with Crippen LogP contribution in [0.2, 0.25) is 0 Å². The van der Waals surface area contributed by atoms with E-state index in [1.54, 1.807) is 13.0 Å². The molecule has 1 N–H and O–H groups in total. The minimum Gasteiger partial charge on any atom is -0.466 e. The van der Waals surface area contributed by atoms with Crippen LogP contribution in [-0.4, -0.2) is 50.1 Å². The second-order valence-electron chi connectivity index (χ2n) is 3.82. The Morgan fingerprint density at radius 2 is 2.38 bits per heavy atom. The van der Waals surface area contributed by atoms with Crippen molar-refractivity contribution in [1.29, 1.82) is 0 Å². The number of esters is 1. The summed E-state index contributed by atoms with van der Waals surface area (Å²) in [6.07, 6.45) is 2.74. The number of amides is 1. The molecule has 0 radical (unpaired) electrons. The third kappa shape index (κ3) is 4.02. The first-order valence-electron chi connectivity index (χ1n) is 5.37. The zero-order valence-electron chi connectivity index (χ0n) is 9.78. The van der Waals surface area contributed by atoms with Crippen molar-refractivity contribution in [2.45, 2.75) is 13.3 Å². The summed E-state index contributed by atoms with van der Waals surface area (Å²) < 4.78 is 4.59. The van der Waals surface area contributed by atoms with Gasteiger partial charge in [0, 0.05) is 25.2 Å². The Labute approximate surface area is 95.4 Å². The van der Waals surface area contributed by atoms with E-state index in [0.29, 0.717) is 18.7 Å². The Morgan fingerprint density at radius 1 is 1.62 bits per heavy atom. The highest BCUT2D eigenvalue weighted by molar-refractivity contribution is 5.87. The lowest BCUT2D eigenvalue weighted by atomic mass is 10.2. The molecule has 1 saturated heterocycles. The molecular weight excluding hydrogens is 208 g/mol. The van der Waals surface area contributed by atoms with Crippen LogP contribution >= 0.6 is 0 Å². The van der Waals surface area contributed by atoms with Crippen molar-refractivity contribution in [3.8, 4) is 0 Å². The molecule has 1 aliphatic heterocycles. The smallest absolute Gasteiger partial charge is 0.333 e. The van der Waals surface area contributed by atoms with Crippen LogP contribution in [-0.2, 0) is 14.3 Å². The number of hydrogen-bond acceptors (Lipinski definition) is 4. The molecule has 0 aromatic rings. The summed E-state index contributed by atoms with van der Waals surface area (Å²) >= 11 is 0. The van der Waals surface area contributed by atoms with E-state index < -0.39 is 0 Å². The molecule has 0 aliphatic carbocycles. The molecule has 0 unspecified atom stereocenters. The van der Waals surface area contributed by atoms with Gasteiger partial charge in [-0.15, -0.1) is 0 Å². The molecule has 16 heavy (non-hydrogen) atoms. The van der Waals surface area contributed by atoms with Gasteiger partial charge in [-0.25, -0.2) is 4.79 Å². The van der Waals surface area contributed by atoms with Crippen molar-refractivity contribution < 1.29 is 14.3 Å². The number of nitrogens with zero attached hydrogens (tertiary/aromatic N) is 1. The van der Waals surface area contributed by atoms with Crippen LogP contribution in [0.25, 0.3) is 0 Å². The zero-order chi connectivity index (χ0) is 12.0. The van der Waals surface area contributed by atoms with E-state index in [1.807, 2.05) is 4.90 Å². The van der Waals surface area contributed by atoms with Gasteiger partial charge in [0.05, 0.1) is 13.7 Å². The van der Waals surface area contributed by atoms with Gasteiger partial charge in [0.2, 0.25) is 5.91 Å². The lowest BCUT2D eigenvalue weighted by Crippen LogP contribution is -2.33. The number of methoxy groups -OCH3 is 1. The van der Waals surface area contributed by atoms with Gasteiger partial charge in [0.1, 0.15) is 0 Å². The first-order chi connectivity index (χ1) is 7.63. The van der Waals surface area contributed by atoms with Gasteiger partial charge in [0.25, 0.3) is 0 Å². The molecule has 90 valence electrons. The Bertz CT molecular complexity index is 300.